The molecule has 23 heavy (non-hydrogen) atoms. The number of carboxylic acid groups (broad SMARTS) is 1. The third-order valence-corrected chi connectivity index (χ3v) is 3.78. The molecule has 132 valence electrons. The summed E-state index contributed by atoms with van der Waals surface area (Å²) in [6.45, 7) is 12.9. The topological polar surface area (TPSA) is 95.5 Å². The van der Waals surface area contributed by atoms with Gasteiger partial charge >= 0.3 is 5.97 Å². The summed E-state index contributed by atoms with van der Waals surface area (Å²) in [6.07, 6.45) is 2.48. The largest absolute Gasteiger partial charge is 0.478 e. The summed E-state index contributed by atoms with van der Waals surface area (Å²) in [5, 5.41) is 13.8. The summed E-state index contributed by atoms with van der Waals surface area (Å²) in [5.74, 6) is -1.51. The molecule has 3 N–H and O–H groups in total. The number of hydrogen-bond acceptors (Lipinski definition) is 3. The maximum Gasteiger partial charge on any atom is 0.328 e. The first-order valence-electron chi connectivity index (χ1n) is 7.85. The van der Waals surface area contributed by atoms with Crippen LogP contribution in [0.1, 0.15) is 48.0 Å². The van der Waals surface area contributed by atoms with Crippen molar-refractivity contribution < 1.29 is 19.5 Å². The van der Waals surface area contributed by atoms with Gasteiger partial charge in [0.15, 0.2) is 0 Å². The Bertz CT molecular complexity index is 464. The molecule has 0 saturated heterocycles. The predicted molar refractivity (Wildman–Crippen MR) is 89.8 cm³/mol. The standard InChI is InChI=1S/C17H30N2O4/c1-12(2)17(6,11-16(3,4)5)15(23)19-10-9-18-13(20)7-8-14(21)22/h7-8,12H,9-11H2,1-6H3,(H,18,20)(H,19,23)(H,21,22)/b8-7-. The molecule has 1 atom stereocenters. The van der Waals surface area contributed by atoms with E-state index in [0.29, 0.717) is 6.54 Å². The first kappa shape index (κ1) is 21.1. The molecule has 0 rings (SSSR count). The number of aliphatic carboxylic acids is 1. The third-order valence-electron chi connectivity index (χ3n) is 3.78. The summed E-state index contributed by atoms with van der Waals surface area (Å²) < 4.78 is 0. The highest BCUT2D eigenvalue weighted by Gasteiger charge is 2.39. The molecule has 0 aliphatic carbocycles. The van der Waals surface area contributed by atoms with E-state index in [1.165, 1.54) is 0 Å². The first-order valence-corrected chi connectivity index (χ1v) is 7.85. The second kappa shape index (κ2) is 8.70. The van der Waals surface area contributed by atoms with E-state index in [4.69, 9.17) is 5.11 Å². The molecular weight excluding hydrogens is 296 g/mol. The van der Waals surface area contributed by atoms with Crippen molar-refractivity contribution in [2.45, 2.75) is 48.0 Å². The fourth-order valence-corrected chi connectivity index (χ4v) is 2.42. The van der Waals surface area contributed by atoms with Crippen LogP contribution in [-0.4, -0.2) is 36.0 Å². The highest BCUT2D eigenvalue weighted by Crippen LogP contribution is 2.39. The van der Waals surface area contributed by atoms with Crippen molar-refractivity contribution in [3.8, 4) is 0 Å². The van der Waals surface area contributed by atoms with E-state index in [1.54, 1.807) is 0 Å². The molecule has 6 heteroatoms. The van der Waals surface area contributed by atoms with Crippen molar-refractivity contribution in [2.75, 3.05) is 13.1 Å². The molecule has 1 unspecified atom stereocenters. The Labute approximate surface area is 138 Å². The van der Waals surface area contributed by atoms with Gasteiger partial charge in [0.25, 0.3) is 0 Å². The zero-order valence-electron chi connectivity index (χ0n) is 15.0. The van der Waals surface area contributed by atoms with Crippen LogP contribution in [0.3, 0.4) is 0 Å². The normalized spacial score (nSPS) is 14.6. The molecule has 0 bridgehead atoms. The van der Waals surface area contributed by atoms with Crippen LogP contribution in [0.2, 0.25) is 0 Å². The summed E-state index contributed by atoms with van der Waals surface area (Å²) >= 11 is 0. The van der Waals surface area contributed by atoms with Gasteiger partial charge in [-0.05, 0) is 17.8 Å². The minimum absolute atomic E-state index is 0.0299. The Morgan fingerprint density at radius 1 is 1.00 bits per heavy atom. The Morgan fingerprint density at radius 2 is 1.52 bits per heavy atom. The maximum absolute atomic E-state index is 12.5. The van der Waals surface area contributed by atoms with Crippen LogP contribution in [0.4, 0.5) is 0 Å². The molecule has 0 aromatic carbocycles. The molecule has 0 aliphatic heterocycles. The van der Waals surface area contributed by atoms with E-state index in [0.717, 1.165) is 18.6 Å². The van der Waals surface area contributed by atoms with Gasteiger partial charge in [-0.3, -0.25) is 9.59 Å². The highest BCUT2D eigenvalue weighted by molar-refractivity contribution is 5.93. The molecule has 0 saturated carbocycles. The monoisotopic (exact) mass is 326 g/mol. The van der Waals surface area contributed by atoms with Crippen molar-refractivity contribution in [2.24, 2.45) is 16.7 Å². The number of carboxylic acids is 1. The van der Waals surface area contributed by atoms with Crippen LogP contribution in [0, 0.1) is 16.7 Å². The summed E-state index contributed by atoms with van der Waals surface area (Å²) in [6, 6.07) is 0. The van der Waals surface area contributed by atoms with Crippen molar-refractivity contribution in [1.29, 1.82) is 0 Å². The second-order valence-corrected chi connectivity index (χ2v) is 7.53. The molecule has 0 aromatic heterocycles. The third kappa shape index (κ3) is 8.38. The minimum atomic E-state index is -1.18. The van der Waals surface area contributed by atoms with E-state index < -0.39 is 17.3 Å². The van der Waals surface area contributed by atoms with E-state index in [-0.39, 0.29) is 23.8 Å². The lowest BCUT2D eigenvalue weighted by Crippen LogP contribution is -2.46. The quantitative estimate of drug-likeness (QED) is 0.469. The van der Waals surface area contributed by atoms with Crippen LogP contribution >= 0.6 is 0 Å². The minimum Gasteiger partial charge on any atom is -0.478 e. The number of nitrogens with one attached hydrogen (secondary N) is 2. The molecule has 0 heterocycles. The zero-order valence-corrected chi connectivity index (χ0v) is 15.0. The number of amides is 2. The van der Waals surface area contributed by atoms with Gasteiger partial charge in [-0.15, -0.1) is 0 Å². The molecule has 2 amide bonds. The Balaban J connectivity index is 4.45. The molecule has 0 aromatic rings. The van der Waals surface area contributed by atoms with Crippen LogP contribution in [0.5, 0.6) is 0 Å². The smallest absolute Gasteiger partial charge is 0.328 e. The lowest BCUT2D eigenvalue weighted by molar-refractivity contribution is -0.134. The van der Waals surface area contributed by atoms with Gasteiger partial charge in [-0.2, -0.15) is 0 Å². The van der Waals surface area contributed by atoms with Gasteiger partial charge in [0.05, 0.1) is 0 Å². The van der Waals surface area contributed by atoms with Crippen LogP contribution in [-0.2, 0) is 14.4 Å². The second-order valence-electron chi connectivity index (χ2n) is 7.53. The van der Waals surface area contributed by atoms with E-state index >= 15 is 0 Å². The highest BCUT2D eigenvalue weighted by atomic mass is 16.4. The molecule has 0 aliphatic rings. The summed E-state index contributed by atoms with van der Waals surface area (Å²) in [4.78, 5) is 34.1. The number of hydrogen-bond donors (Lipinski definition) is 3. The van der Waals surface area contributed by atoms with Gasteiger partial charge < -0.3 is 15.7 Å². The van der Waals surface area contributed by atoms with Gasteiger partial charge in [-0.25, -0.2) is 4.79 Å². The van der Waals surface area contributed by atoms with E-state index in [9.17, 15) is 14.4 Å². The van der Waals surface area contributed by atoms with Crippen LogP contribution < -0.4 is 10.6 Å². The van der Waals surface area contributed by atoms with E-state index in [2.05, 4.69) is 31.4 Å². The van der Waals surface area contributed by atoms with Crippen molar-refractivity contribution in [1.82, 2.24) is 10.6 Å². The summed E-state index contributed by atoms with van der Waals surface area (Å²) in [7, 11) is 0. The van der Waals surface area contributed by atoms with Crippen molar-refractivity contribution in [3.63, 3.8) is 0 Å². The molecular formula is C17H30N2O4. The molecule has 0 spiro atoms. The Hall–Kier alpha value is -1.85. The van der Waals surface area contributed by atoms with Crippen molar-refractivity contribution >= 4 is 17.8 Å². The van der Waals surface area contributed by atoms with Crippen molar-refractivity contribution in [3.05, 3.63) is 12.2 Å². The number of carbonyl (C=O) groups excluding carboxylic acids is 2. The SMILES string of the molecule is CC(C)C(C)(CC(C)(C)C)C(=O)NCCNC(=O)/C=C\C(=O)O. The Kier molecular flexibility index (Phi) is 8.00. The van der Waals surface area contributed by atoms with Gasteiger partial charge in [0, 0.05) is 30.7 Å². The average Bonchev–Trinajstić information content (AvgIpc) is 2.38. The Morgan fingerprint density at radius 3 is 1.96 bits per heavy atom. The van der Waals surface area contributed by atoms with Gasteiger partial charge in [-0.1, -0.05) is 41.5 Å². The lowest BCUT2D eigenvalue weighted by atomic mass is 9.68. The van der Waals surface area contributed by atoms with Gasteiger partial charge in [0.2, 0.25) is 11.8 Å². The number of rotatable bonds is 8. The average molecular weight is 326 g/mol. The van der Waals surface area contributed by atoms with Gasteiger partial charge in [0.1, 0.15) is 0 Å². The van der Waals surface area contributed by atoms with Crippen LogP contribution in [0.25, 0.3) is 0 Å². The fourth-order valence-electron chi connectivity index (χ4n) is 2.42. The lowest BCUT2D eigenvalue weighted by Gasteiger charge is -2.37. The zero-order chi connectivity index (χ0) is 18.3. The maximum atomic E-state index is 12.5. The fraction of sp³-hybridized carbons (Fsp3) is 0.706. The number of carbonyl (C=O) groups is 3. The molecule has 0 radical (unpaired) electrons. The first-order chi connectivity index (χ1) is 10.4. The molecule has 6 nitrogen and oxygen atoms in total. The van der Waals surface area contributed by atoms with E-state index in [1.807, 2.05) is 20.8 Å². The summed E-state index contributed by atoms with van der Waals surface area (Å²) in [5.41, 5.74) is -0.447. The van der Waals surface area contributed by atoms with Crippen LogP contribution in [0.15, 0.2) is 12.2 Å². The predicted octanol–water partition coefficient (Wildman–Crippen LogP) is 1.96. The molecule has 0 fully saturated rings.